The Hall–Kier alpha value is -2.04. The number of hydrogen-bond donors (Lipinski definition) is 1. The second-order valence-corrected chi connectivity index (χ2v) is 6.25. The van der Waals surface area contributed by atoms with E-state index in [9.17, 15) is 9.59 Å². The molecule has 1 aliphatic rings. The number of carbonyl (C=O) groups excluding carboxylic acids is 2. The van der Waals surface area contributed by atoms with Crippen LogP contribution in [0.3, 0.4) is 0 Å². The van der Waals surface area contributed by atoms with Crippen LogP contribution in [-0.4, -0.2) is 31.1 Å². The molecule has 0 spiro atoms. The Balaban J connectivity index is 1.79. The smallest absolute Gasteiger partial charge is 0.338 e. The number of amides is 1. The molecule has 1 amide bonds. The Morgan fingerprint density at radius 3 is 2.46 bits per heavy atom. The van der Waals surface area contributed by atoms with Gasteiger partial charge in [0, 0.05) is 6.54 Å². The van der Waals surface area contributed by atoms with Crippen LogP contribution in [0.15, 0.2) is 24.3 Å². The first-order chi connectivity index (χ1) is 11.6. The summed E-state index contributed by atoms with van der Waals surface area (Å²) in [7, 11) is 0. The highest BCUT2D eigenvalue weighted by Crippen LogP contribution is 2.22. The van der Waals surface area contributed by atoms with Crippen molar-refractivity contribution in [3.63, 3.8) is 0 Å². The number of nitrogens with one attached hydrogen (secondary N) is 1. The van der Waals surface area contributed by atoms with Crippen molar-refractivity contribution in [2.75, 3.05) is 13.2 Å². The van der Waals surface area contributed by atoms with Crippen molar-refractivity contribution in [3.8, 4) is 5.75 Å². The SMILES string of the molecule is CCOC(=O)c1ccc(O[C@H](C)C(=O)NCC2CCCCC2)cc1. The summed E-state index contributed by atoms with van der Waals surface area (Å²) in [5.74, 6) is 0.694. The molecule has 2 rings (SSSR count). The van der Waals surface area contributed by atoms with Crippen LogP contribution in [-0.2, 0) is 9.53 Å². The molecule has 1 saturated carbocycles. The van der Waals surface area contributed by atoms with Gasteiger partial charge in [0.2, 0.25) is 0 Å². The monoisotopic (exact) mass is 333 g/mol. The third-order valence-corrected chi connectivity index (χ3v) is 4.34. The van der Waals surface area contributed by atoms with Crippen LogP contribution >= 0.6 is 0 Å². The third-order valence-electron chi connectivity index (χ3n) is 4.34. The molecule has 132 valence electrons. The minimum atomic E-state index is -0.568. The fraction of sp³-hybridized carbons (Fsp3) is 0.579. The van der Waals surface area contributed by atoms with E-state index in [1.165, 1.54) is 32.1 Å². The number of benzene rings is 1. The Morgan fingerprint density at radius 1 is 1.17 bits per heavy atom. The molecule has 1 aliphatic carbocycles. The zero-order chi connectivity index (χ0) is 17.4. The number of hydrogen-bond acceptors (Lipinski definition) is 4. The molecule has 0 saturated heterocycles. The standard InChI is InChI=1S/C19H27NO4/c1-3-23-19(22)16-9-11-17(12-10-16)24-14(2)18(21)20-13-15-7-5-4-6-8-15/h9-12,14-15H,3-8,13H2,1-2H3,(H,20,21)/t14-/m1/s1. The van der Waals surface area contributed by atoms with E-state index in [0.717, 1.165) is 6.54 Å². The quantitative estimate of drug-likeness (QED) is 0.777. The summed E-state index contributed by atoms with van der Waals surface area (Å²) >= 11 is 0. The average molecular weight is 333 g/mol. The van der Waals surface area contributed by atoms with Gasteiger partial charge in [0.05, 0.1) is 12.2 Å². The van der Waals surface area contributed by atoms with Crippen molar-refractivity contribution in [1.29, 1.82) is 0 Å². The first-order valence-electron chi connectivity index (χ1n) is 8.81. The lowest BCUT2D eigenvalue weighted by Gasteiger charge is -2.23. The Bertz CT molecular complexity index is 535. The van der Waals surface area contributed by atoms with E-state index in [-0.39, 0.29) is 11.9 Å². The van der Waals surface area contributed by atoms with Crippen molar-refractivity contribution in [3.05, 3.63) is 29.8 Å². The fourth-order valence-electron chi connectivity index (χ4n) is 2.92. The van der Waals surface area contributed by atoms with Gasteiger partial charge in [-0.3, -0.25) is 4.79 Å². The van der Waals surface area contributed by atoms with E-state index in [2.05, 4.69) is 5.32 Å². The molecule has 5 heteroatoms. The molecule has 0 aliphatic heterocycles. The first-order valence-corrected chi connectivity index (χ1v) is 8.81. The van der Waals surface area contributed by atoms with E-state index in [4.69, 9.17) is 9.47 Å². The molecule has 0 heterocycles. The summed E-state index contributed by atoms with van der Waals surface area (Å²) in [5.41, 5.74) is 0.471. The van der Waals surface area contributed by atoms with E-state index >= 15 is 0 Å². The second-order valence-electron chi connectivity index (χ2n) is 6.25. The van der Waals surface area contributed by atoms with Crippen LogP contribution in [0.25, 0.3) is 0 Å². The summed E-state index contributed by atoms with van der Waals surface area (Å²) in [6.45, 7) is 4.57. The number of rotatable bonds is 7. The lowest BCUT2D eigenvalue weighted by atomic mass is 9.89. The van der Waals surface area contributed by atoms with E-state index < -0.39 is 6.10 Å². The van der Waals surface area contributed by atoms with E-state index in [1.807, 2.05) is 0 Å². The molecule has 1 N–H and O–H groups in total. The minimum absolute atomic E-state index is 0.102. The summed E-state index contributed by atoms with van der Waals surface area (Å²) in [6.07, 6.45) is 5.67. The van der Waals surface area contributed by atoms with Crippen molar-refractivity contribution in [1.82, 2.24) is 5.32 Å². The summed E-state index contributed by atoms with van der Waals surface area (Å²) < 4.78 is 10.6. The molecular formula is C19H27NO4. The molecule has 0 radical (unpaired) electrons. The van der Waals surface area contributed by atoms with Crippen LogP contribution in [0, 0.1) is 5.92 Å². The van der Waals surface area contributed by atoms with E-state index in [0.29, 0.717) is 23.8 Å². The molecule has 5 nitrogen and oxygen atoms in total. The number of ether oxygens (including phenoxy) is 2. The normalized spacial score (nSPS) is 16.2. The zero-order valence-electron chi connectivity index (χ0n) is 14.5. The summed E-state index contributed by atoms with van der Waals surface area (Å²) in [4.78, 5) is 23.7. The first kappa shape index (κ1) is 18.3. The van der Waals surface area contributed by atoms with Gasteiger partial charge in [0.15, 0.2) is 6.10 Å². The number of carbonyl (C=O) groups is 2. The molecule has 0 bridgehead atoms. The van der Waals surface area contributed by atoms with Crippen LogP contribution in [0.1, 0.15) is 56.3 Å². The van der Waals surface area contributed by atoms with Gasteiger partial charge in [0.25, 0.3) is 5.91 Å². The molecule has 0 aromatic heterocycles. The van der Waals surface area contributed by atoms with Gasteiger partial charge in [-0.1, -0.05) is 19.3 Å². The molecule has 1 aromatic rings. The van der Waals surface area contributed by atoms with Crippen LogP contribution < -0.4 is 10.1 Å². The largest absolute Gasteiger partial charge is 0.481 e. The molecule has 1 fully saturated rings. The highest BCUT2D eigenvalue weighted by atomic mass is 16.5. The maximum Gasteiger partial charge on any atom is 0.338 e. The summed E-state index contributed by atoms with van der Waals surface area (Å²) in [6, 6.07) is 6.63. The van der Waals surface area contributed by atoms with Crippen molar-refractivity contribution < 1.29 is 19.1 Å². The van der Waals surface area contributed by atoms with E-state index in [1.54, 1.807) is 38.1 Å². The maximum absolute atomic E-state index is 12.1. The zero-order valence-corrected chi connectivity index (χ0v) is 14.5. The van der Waals surface area contributed by atoms with Gasteiger partial charge >= 0.3 is 5.97 Å². The van der Waals surface area contributed by atoms with Crippen molar-refractivity contribution in [2.45, 2.75) is 52.1 Å². The number of esters is 1. The molecule has 24 heavy (non-hydrogen) atoms. The van der Waals surface area contributed by atoms with Crippen LogP contribution in [0.5, 0.6) is 5.75 Å². The topological polar surface area (TPSA) is 64.6 Å². The van der Waals surface area contributed by atoms with Crippen molar-refractivity contribution in [2.24, 2.45) is 5.92 Å². The lowest BCUT2D eigenvalue weighted by molar-refractivity contribution is -0.127. The highest BCUT2D eigenvalue weighted by Gasteiger charge is 2.18. The van der Waals surface area contributed by atoms with Gasteiger partial charge < -0.3 is 14.8 Å². The van der Waals surface area contributed by atoms with Crippen molar-refractivity contribution >= 4 is 11.9 Å². The highest BCUT2D eigenvalue weighted by molar-refractivity contribution is 5.89. The van der Waals surface area contributed by atoms with Gasteiger partial charge in [-0.25, -0.2) is 4.79 Å². The lowest BCUT2D eigenvalue weighted by Crippen LogP contribution is -2.39. The van der Waals surface area contributed by atoms with Gasteiger partial charge in [-0.15, -0.1) is 0 Å². The second kappa shape index (κ2) is 9.30. The molecule has 0 unspecified atom stereocenters. The van der Waals surface area contributed by atoms with Gasteiger partial charge in [0.1, 0.15) is 5.75 Å². The van der Waals surface area contributed by atoms with Crippen LogP contribution in [0.4, 0.5) is 0 Å². The molecular weight excluding hydrogens is 306 g/mol. The fourth-order valence-corrected chi connectivity index (χ4v) is 2.92. The molecule has 1 atom stereocenters. The summed E-state index contributed by atoms with van der Waals surface area (Å²) in [5, 5.41) is 2.98. The Kier molecular flexibility index (Phi) is 7.09. The minimum Gasteiger partial charge on any atom is -0.481 e. The van der Waals surface area contributed by atoms with Gasteiger partial charge in [-0.2, -0.15) is 0 Å². The maximum atomic E-state index is 12.1. The Labute approximate surface area is 143 Å². The Morgan fingerprint density at radius 2 is 1.83 bits per heavy atom. The predicted molar refractivity (Wildman–Crippen MR) is 92.1 cm³/mol. The average Bonchev–Trinajstić information content (AvgIpc) is 2.61. The van der Waals surface area contributed by atoms with Gasteiger partial charge in [-0.05, 0) is 56.9 Å². The predicted octanol–water partition coefficient (Wildman–Crippen LogP) is 3.33. The third kappa shape index (κ3) is 5.55. The van der Waals surface area contributed by atoms with Crippen LogP contribution in [0.2, 0.25) is 0 Å². The molecule has 1 aromatic carbocycles.